The summed E-state index contributed by atoms with van der Waals surface area (Å²) in [6, 6.07) is 13.6. The van der Waals surface area contributed by atoms with E-state index >= 15 is 0 Å². The number of benzene rings is 2. The van der Waals surface area contributed by atoms with E-state index in [0.717, 1.165) is 16.5 Å². The molecule has 4 rings (SSSR count). The van der Waals surface area contributed by atoms with Crippen LogP contribution in [0.4, 0.5) is 4.39 Å². The Morgan fingerprint density at radius 2 is 1.68 bits per heavy atom. The Balaban J connectivity index is 1.30. The van der Waals surface area contributed by atoms with Gasteiger partial charge in [-0.15, -0.1) is 0 Å². The highest BCUT2D eigenvalue weighted by Crippen LogP contribution is 2.19. The summed E-state index contributed by atoms with van der Waals surface area (Å²) in [5.41, 5.74) is 2.56. The fourth-order valence-corrected chi connectivity index (χ4v) is 3.64. The van der Waals surface area contributed by atoms with E-state index < -0.39 is 0 Å². The second-order valence-electron chi connectivity index (χ2n) is 7.12. The summed E-state index contributed by atoms with van der Waals surface area (Å²) in [4.78, 5) is 32.1. The van der Waals surface area contributed by atoms with Gasteiger partial charge in [0.25, 0.3) is 0 Å². The molecule has 1 saturated heterocycles. The Bertz CT molecular complexity index is 988. The van der Waals surface area contributed by atoms with Crippen LogP contribution in [0.5, 0.6) is 0 Å². The van der Waals surface area contributed by atoms with Gasteiger partial charge in [-0.3, -0.25) is 14.5 Å². The Kier molecular flexibility index (Phi) is 5.21. The molecule has 0 bridgehead atoms. The molecule has 2 heterocycles. The van der Waals surface area contributed by atoms with E-state index in [1.165, 1.54) is 24.3 Å². The zero-order chi connectivity index (χ0) is 19.5. The molecule has 1 aliphatic heterocycles. The largest absolute Gasteiger partial charge is 0.361 e. The number of carbonyl (C=O) groups excluding carboxylic acids is 2. The van der Waals surface area contributed by atoms with Crippen molar-refractivity contribution in [3.8, 4) is 0 Å². The van der Waals surface area contributed by atoms with Gasteiger partial charge in [-0.1, -0.05) is 18.2 Å². The van der Waals surface area contributed by atoms with Crippen LogP contribution >= 0.6 is 0 Å². The van der Waals surface area contributed by atoms with Crippen LogP contribution in [-0.2, 0) is 11.2 Å². The lowest BCUT2D eigenvalue weighted by atomic mass is 10.1. The monoisotopic (exact) mass is 379 g/mol. The van der Waals surface area contributed by atoms with Gasteiger partial charge in [-0.2, -0.15) is 0 Å². The second-order valence-corrected chi connectivity index (χ2v) is 7.12. The lowest BCUT2D eigenvalue weighted by Gasteiger charge is -2.34. The number of rotatable bonds is 5. The Hall–Kier alpha value is -2.99. The summed E-state index contributed by atoms with van der Waals surface area (Å²) in [5.74, 6) is -0.272. The average Bonchev–Trinajstić information content (AvgIpc) is 3.12. The number of piperazine rings is 1. The third-order valence-corrected chi connectivity index (χ3v) is 5.28. The highest BCUT2D eigenvalue weighted by molar-refractivity contribution is 5.97. The number of amides is 1. The lowest BCUT2D eigenvalue weighted by Crippen LogP contribution is -2.50. The van der Waals surface area contributed by atoms with E-state index in [2.05, 4.69) is 4.98 Å². The molecule has 1 aromatic heterocycles. The van der Waals surface area contributed by atoms with E-state index in [0.29, 0.717) is 38.2 Å². The second kappa shape index (κ2) is 7.94. The molecule has 0 radical (unpaired) electrons. The molecule has 28 heavy (non-hydrogen) atoms. The van der Waals surface area contributed by atoms with Crippen LogP contribution in [0.1, 0.15) is 15.9 Å². The maximum absolute atomic E-state index is 13.0. The number of halogens is 1. The van der Waals surface area contributed by atoms with Crippen molar-refractivity contribution >= 4 is 22.6 Å². The van der Waals surface area contributed by atoms with Crippen LogP contribution < -0.4 is 0 Å². The molecule has 144 valence electrons. The Morgan fingerprint density at radius 3 is 2.43 bits per heavy atom. The van der Waals surface area contributed by atoms with Crippen LogP contribution in [0.3, 0.4) is 0 Å². The molecule has 5 nitrogen and oxygen atoms in total. The molecule has 0 atom stereocenters. The van der Waals surface area contributed by atoms with Crippen LogP contribution in [0, 0.1) is 5.82 Å². The average molecular weight is 379 g/mol. The molecule has 0 spiro atoms. The fourth-order valence-electron chi connectivity index (χ4n) is 3.64. The van der Waals surface area contributed by atoms with E-state index in [1.807, 2.05) is 40.3 Å². The van der Waals surface area contributed by atoms with Gasteiger partial charge < -0.3 is 9.88 Å². The van der Waals surface area contributed by atoms with Crippen molar-refractivity contribution in [1.29, 1.82) is 0 Å². The number of hydrogen-bond donors (Lipinski definition) is 1. The number of carbonyl (C=O) groups is 2. The summed E-state index contributed by atoms with van der Waals surface area (Å²) in [7, 11) is 0. The minimum absolute atomic E-state index is 0.0291. The number of hydrogen-bond acceptors (Lipinski definition) is 3. The molecule has 0 aliphatic carbocycles. The zero-order valence-corrected chi connectivity index (χ0v) is 15.5. The summed E-state index contributed by atoms with van der Waals surface area (Å²) >= 11 is 0. The Labute approximate surface area is 162 Å². The van der Waals surface area contributed by atoms with Gasteiger partial charge in [-0.25, -0.2) is 4.39 Å². The third kappa shape index (κ3) is 3.97. The number of para-hydroxylation sites is 1. The van der Waals surface area contributed by atoms with E-state index in [1.54, 1.807) is 0 Å². The number of aromatic amines is 1. The summed E-state index contributed by atoms with van der Waals surface area (Å²) in [6.07, 6.45) is 2.28. The van der Waals surface area contributed by atoms with Crippen molar-refractivity contribution in [2.45, 2.75) is 6.42 Å². The van der Waals surface area contributed by atoms with Gasteiger partial charge in [0.2, 0.25) is 5.91 Å². The SMILES string of the molecule is O=C(CN1CCN(C(=O)Cc2c[nH]c3ccccc23)CC1)c1ccc(F)cc1. The molecular weight excluding hydrogens is 357 g/mol. The predicted molar refractivity (Wildman–Crippen MR) is 106 cm³/mol. The predicted octanol–water partition coefficient (Wildman–Crippen LogP) is 2.88. The van der Waals surface area contributed by atoms with Gasteiger partial charge in [0.05, 0.1) is 13.0 Å². The van der Waals surface area contributed by atoms with Crippen molar-refractivity contribution in [3.05, 3.63) is 71.7 Å². The van der Waals surface area contributed by atoms with Gasteiger partial charge in [0.15, 0.2) is 5.78 Å². The molecule has 1 aliphatic rings. The van der Waals surface area contributed by atoms with Crippen LogP contribution in [-0.4, -0.2) is 59.2 Å². The number of Topliss-reactive ketones (excluding diaryl/α,β-unsaturated/α-hetero) is 1. The van der Waals surface area contributed by atoms with Gasteiger partial charge in [0, 0.05) is 48.8 Å². The zero-order valence-electron chi connectivity index (χ0n) is 15.5. The third-order valence-electron chi connectivity index (χ3n) is 5.28. The number of nitrogens with one attached hydrogen (secondary N) is 1. The van der Waals surface area contributed by atoms with Crippen LogP contribution in [0.15, 0.2) is 54.7 Å². The molecule has 3 aromatic rings. The first-order chi connectivity index (χ1) is 13.6. The van der Waals surface area contributed by atoms with Gasteiger partial charge in [0.1, 0.15) is 5.82 Å². The number of nitrogens with zero attached hydrogens (tertiary/aromatic N) is 2. The summed E-state index contributed by atoms with van der Waals surface area (Å²) in [6.45, 7) is 2.82. The molecule has 6 heteroatoms. The highest BCUT2D eigenvalue weighted by Gasteiger charge is 2.23. The van der Waals surface area contributed by atoms with Gasteiger partial charge >= 0.3 is 0 Å². The van der Waals surface area contributed by atoms with Crippen molar-refractivity contribution in [2.75, 3.05) is 32.7 Å². The van der Waals surface area contributed by atoms with Crippen molar-refractivity contribution in [1.82, 2.24) is 14.8 Å². The number of aromatic nitrogens is 1. The molecule has 1 fully saturated rings. The van der Waals surface area contributed by atoms with E-state index in [-0.39, 0.29) is 24.1 Å². The standard InChI is InChI=1S/C22H22FN3O2/c23-18-7-5-16(6-8-18)21(27)15-25-9-11-26(12-10-25)22(28)13-17-14-24-20-4-2-1-3-19(17)20/h1-8,14,24H,9-13,15H2. The van der Waals surface area contributed by atoms with E-state index in [4.69, 9.17) is 0 Å². The topological polar surface area (TPSA) is 56.4 Å². The quantitative estimate of drug-likeness (QED) is 0.694. The first kappa shape index (κ1) is 18.4. The molecule has 0 unspecified atom stereocenters. The van der Waals surface area contributed by atoms with Crippen molar-refractivity contribution < 1.29 is 14.0 Å². The summed E-state index contributed by atoms with van der Waals surface area (Å²) in [5, 5.41) is 1.08. The molecule has 1 N–H and O–H groups in total. The van der Waals surface area contributed by atoms with Crippen molar-refractivity contribution in [2.24, 2.45) is 0 Å². The smallest absolute Gasteiger partial charge is 0.227 e. The maximum Gasteiger partial charge on any atom is 0.227 e. The highest BCUT2D eigenvalue weighted by atomic mass is 19.1. The number of fused-ring (bicyclic) bond motifs is 1. The van der Waals surface area contributed by atoms with Gasteiger partial charge in [-0.05, 0) is 35.9 Å². The minimum atomic E-state index is -0.348. The summed E-state index contributed by atoms with van der Waals surface area (Å²) < 4.78 is 13.0. The molecular formula is C22H22FN3O2. The molecule has 0 saturated carbocycles. The first-order valence-corrected chi connectivity index (χ1v) is 9.44. The van der Waals surface area contributed by atoms with Crippen LogP contribution in [0.2, 0.25) is 0 Å². The fraction of sp³-hybridized carbons (Fsp3) is 0.273. The molecule has 1 amide bonds. The van der Waals surface area contributed by atoms with Crippen LogP contribution in [0.25, 0.3) is 10.9 Å². The Morgan fingerprint density at radius 1 is 0.964 bits per heavy atom. The molecule has 2 aromatic carbocycles. The normalized spacial score (nSPS) is 15.1. The number of H-pyrrole nitrogens is 1. The lowest BCUT2D eigenvalue weighted by molar-refractivity contribution is -0.132. The minimum Gasteiger partial charge on any atom is -0.361 e. The first-order valence-electron chi connectivity index (χ1n) is 9.44. The van der Waals surface area contributed by atoms with Crippen molar-refractivity contribution in [3.63, 3.8) is 0 Å². The van der Waals surface area contributed by atoms with E-state index in [9.17, 15) is 14.0 Å². The number of ketones is 1. The maximum atomic E-state index is 13.0.